The zero-order valence-electron chi connectivity index (χ0n) is 36.0. The van der Waals surface area contributed by atoms with Crippen LogP contribution < -0.4 is 58.9 Å². The van der Waals surface area contributed by atoms with E-state index >= 15 is 0 Å². The van der Waals surface area contributed by atoms with E-state index in [0.29, 0.717) is 97.1 Å². The number of nitrogens with two attached hydrogens (primary N) is 2. The van der Waals surface area contributed by atoms with Crippen molar-refractivity contribution < 1.29 is 28.8 Å². The van der Waals surface area contributed by atoms with E-state index in [9.17, 15) is 28.8 Å². The lowest BCUT2D eigenvalue weighted by Gasteiger charge is -2.23. The van der Waals surface area contributed by atoms with Crippen molar-refractivity contribution in [2.75, 3.05) is 63.1 Å². The first-order chi connectivity index (χ1) is 30.0. The normalized spacial score (nSPS) is 13.2. The number of carbonyl (C=O) groups is 6. The third-order valence-corrected chi connectivity index (χ3v) is 10.0. The van der Waals surface area contributed by atoms with Gasteiger partial charge in [-0.3, -0.25) is 38.7 Å². The highest BCUT2D eigenvalue weighted by atomic mass is 16.2. The molecule has 2 aromatic heterocycles. The molecule has 0 fully saturated rings. The van der Waals surface area contributed by atoms with E-state index in [-0.39, 0.29) is 37.0 Å². The molecular weight excluding hydrogens is 795 g/mol. The Morgan fingerprint density at radius 1 is 0.677 bits per heavy atom. The maximum Gasteiger partial charge on any atom is 0.243 e. The molecule has 1 aliphatic rings. The third-order valence-electron chi connectivity index (χ3n) is 10.0. The summed E-state index contributed by atoms with van der Waals surface area (Å²) in [6.45, 7) is 3.42. The average Bonchev–Trinajstić information content (AvgIpc) is 3.27. The van der Waals surface area contributed by atoms with Gasteiger partial charge in [0.2, 0.25) is 35.4 Å². The van der Waals surface area contributed by atoms with Crippen LogP contribution in [0.1, 0.15) is 77.0 Å². The maximum atomic E-state index is 13.6. The molecule has 0 saturated heterocycles. The van der Waals surface area contributed by atoms with Crippen molar-refractivity contribution >= 4 is 46.8 Å². The number of dihydropyridines is 1. The summed E-state index contributed by atoms with van der Waals surface area (Å²) in [7, 11) is 1.91. The van der Waals surface area contributed by atoms with Crippen molar-refractivity contribution in [2.45, 2.75) is 95.2 Å². The fourth-order valence-corrected chi connectivity index (χ4v) is 6.31. The lowest BCUT2D eigenvalue weighted by atomic mass is 10.0. The fourth-order valence-electron chi connectivity index (χ4n) is 6.31. The van der Waals surface area contributed by atoms with Gasteiger partial charge in [-0.15, -0.1) is 0 Å². The number of hydrogen-bond donors (Lipinski definition) is 10. The van der Waals surface area contributed by atoms with Crippen LogP contribution in [0.15, 0.2) is 73.1 Å². The Balaban J connectivity index is 1.41. The summed E-state index contributed by atoms with van der Waals surface area (Å²) in [5.74, 6) is -2.12. The van der Waals surface area contributed by atoms with Gasteiger partial charge in [0.05, 0.1) is 6.04 Å². The second-order valence-electron chi connectivity index (χ2n) is 15.0. The first kappa shape index (κ1) is 50.1. The number of anilines is 2. The molecule has 0 spiro atoms. The van der Waals surface area contributed by atoms with Crippen molar-refractivity contribution in [1.29, 1.82) is 0 Å². The summed E-state index contributed by atoms with van der Waals surface area (Å²) < 4.78 is 0. The highest BCUT2D eigenvalue weighted by Gasteiger charge is 2.27. The first-order valence-corrected chi connectivity index (χ1v) is 21.6. The minimum absolute atomic E-state index is 0.0797. The second kappa shape index (κ2) is 29.9. The van der Waals surface area contributed by atoms with Crippen molar-refractivity contribution in [2.24, 2.45) is 11.5 Å². The minimum atomic E-state index is -1.01. The maximum absolute atomic E-state index is 13.6. The van der Waals surface area contributed by atoms with Gasteiger partial charge in [-0.25, -0.2) is 0 Å². The molecule has 62 heavy (non-hydrogen) atoms. The van der Waals surface area contributed by atoms with Gasteiger partial charge in [-0.2, -0.15) is 0 Å². The van der Waals surface area contributed by atoms with Crippen LogP contribution in [0.5, 0.6) is 0 Å². The van der Waals surface area contributed by atoms with Crippen LogP contribution in [0.2, 0.25) is 0 Å². The molecule has 3 atom stereocenters. The Hall–Kier alpha value is -6.24. The van der Waals surface area contributed by atoms with Gasteiger partial charge < -0.3 is 58.9 Å². The van der Waals surface area contributed by atoms with E-state index in [1.807, 2.05) is 54.6 Å². The van der Waals surface area contributed by atoms with Crippen molar-refractivity contribution in [3.05, 3.63) is 73.1 Å². The molecule has 19 nitrogen and oxygen atoms in total. The molecule has 0 aliphatic carbocycles. The number of pyridine rings is 2. The summed E-state index contributed by atoms with van der Waals surface area (Å²) in [5.41, 5.74) is 14.7. The smallest absolute Gasteiger partial charge is 0.243 e. The van der Waals surface area contributed by atoms with Crippen molar-refractivity contribution in [3.8, 4) is 0 Å². The summed E-state index contributed by atoms with van der Waals surface area (Å²) in [6, 6.07) is 4.47. The van der Waals surface area contributed by atoms with Crippen LogP contribution in [0.4, 0.5) is 11.4 Å². The Labute approximate surface area is 364 Å². The number of nitrogens with one attached hydrogen (secondary N) is 8. The summed E-state index contributed by atoms with van der Waals surface area (Å²) in [6.07, 6.45) is 17.4. The molecule has 3 rings (SSSR count). The predicted octanol–water partition coefficient (Wildman–Crippen LogP) is 0.427. The highest BCUT2D eigenvalue weighted by molar-refractivity contribution is 5.92. The SMILES string of the molecule is CN(CCC(=O)NCCCC[C@H](N)C(=O)N[C@@H](CCCCNC(=O)CCNC1=CCNC=C1)C(=O)N[C@@H](CCCCNC(=O)CCNc1ccncc1)C(N)=O)c1ccncc1. The molecule has 2 aromatic rings. The number of rotatable bonds is 32. The predicted molar refractivity (Wildman–Crippen MR) is 239 cm³/mol. The van der Waals surface area contributed by atoms with E-state index < -0.39 is 35.8 Å². The van der Waals surface area contributed by atoms with Crippen molar-refractivity contribution in [1.82, 2.24) is 47.2 Å². The van der Waals surface area contributed by atoms with E-state index in [1.54, 1.807) is 24.8 Å². The first-order valence-electron chi connectivity index (χ1n) is 21.6. The molecule has 0 radical (unpaired) electrons. The van der Waals surface area contributed by atoms with Crippen LogP contribution >= 0.6 is 0 Å². The summed E-state index contributed by atoms with van der Waals surface area (Å²) in [4.78, 5) is 86.2. The van der Waals surface area contributed by atoms with E-state index in [2.05, 4.69) is 52.5 Å². The van der Waals surface area contributed by atoms with Gasteiger partial charge in [0, 0.05) is 114 Å². The number of nitrogens with zero attached hydrogens (tertiary/aromatic N) is 3. The van der Waals surface area contributed by atoms with Gasteiger partial charge in [0.15, 0.2) is 0 Å². The van der Waals surface area contributed by atoms with Crippen LogP contribution in [0.3, 0.4) is 0 Å². The molecule has 6 amide bonds. The Bertz CT molecular complexity index is 1730. The van der Waals surface area contributed by atoms with Crippen LogP contribution in [0, 0.1) is 0 Å². The minimum Gasteiger partial charge on any atom is -0.387 e. The topological polar surface area (TPSA) is 280 Å². The van der Waals surface area contributed by atoms with Gasteiger partial charge >= 0.3 is 0 Å². The molecular formula is C43H67N13O6. The molecule has 340 valence electrons. The van der Waals surface area contributed by atoms with E-state index in [0.717, 1.165) is 23.6 Å². The van der Waals surface area contributed by atoms with E-state index in [1.165, 1.54) is 0 Å². The molecule has 0 bridgehead atoms. The van der Waals surface area contributed by atoms with Crippen LogP contribution in [-0.4, -0.2) is 116 Å². The molecule has 3 heterocycles. The molecule has 0 aromatic carbocycles. The number of primary amides is 1. The average molecular weight is 862 g/mol. The van der Waals surface area contributed by atoms with Gasteiger partial charge in [0.1, 0.15) is 12.1 Å². The standard InChI is InChI=1S/C43H67N13O6/c1-56(34-15-27-48-28-16-34)31-19-40(59)53-20-5-2-8-35(44)42(61)55-37(10-4-7-22-52-39(58)18-30-50-33-13-25-47-26-14-33)43(62)54-36(41(45)60)9-3-6-21-51-38(57)17-29-49-32-11-23-46-24-12-32/h11-16,23-25,27-28,35-37,47,50H,2-10,17-22,26,29-31,44H2,1H3,(H2,45,60)(H,46,49)(H,51,57)(H,52,58)(H,53,59)(H,54,62)(H,55,61)/t35-,36-,37-/m0/s1. The molecule has 19 heteroatoms. The largest absolute Gasteiger partial charge is 0.387 e. The van der Waals surface area contributed by atoms with Crippen LogP contribution in [0.25, 0.3) is 0 Å². The zero-order valence-corrected chi connectivity index (χ0v) is 36.0. The van der Waals surface area contributed by atoms with Gasteiger partial charge in [-0.05, 0) is 100 Å². The number of hydrogen-bond acceptors (Lipinski definition) is 13. The van der Waals surface area contributed by atoms with Crippen LogP contribution in [-0.2, 0) is 28.8 Å². The fraction of sp³-hybridized carbons (Fsp3) is 0.535. The molecule has 0 saturated carbocycles. The second-order valence-corrected chi connectivity index (χ2v) is 15.0. The van der Waals surface area contributed by atoms with Gasteiger partial charge in [-0.1, -0.05) is 0 Å². The molecule has 12 N–H and O–H groups in total. The number of amides is 6. The highest BCUT2D eigenvalue weighted by Crippen LogP contribution is 2.10. The van der Waals surface area contributed by atoms with E-state index in [4.69, 9.17) is 11.5 Å². The third kappa shape index (κ3) is 21.8. The Morgan fingerprint density at radius 2 is 1.21 bits per heavy atom. The quantitative estimate of drug-likeness (QED) is 0.0448. The Kier molecular flexibility index (Phi) is 24.2. The number of carbonyl (C=O) groups excluding carboxylic acids is 6. The number of unbranched alkanes of at least 4 members (excludes halogenated alkanes) is 3. The number of allylic oxidation sites excluding steroid dienone is 1. The lowest BCUT2D eigenvalue weighted by molar-refractivity contribution is -0.132. The Morgan fingerprint density at radius 3 is 1.79 bits per heavy atom. The summed E-state index contributed by atoms with van der Waals surface area (Å²) in [5, 5.41) is 23.5. The zero-order chi connectivity index (χ0) is 44.8. The monoisotopic (exact) mass is 862 g/mol. The molecule has 1 aliphatic heterocycles. The molecule has 0 unspecified atom stereocenters. The lowest BCUT2D eigenvalue weighted by Crippen LogP contribution is -2.55. The van der Waals surface area contributed by atoms with Gasteiger partial charge in [0.25, 0.3) is 0 Å². The number of aromatic nitrogens is 2. The van der Waals surface area contributed by atoms with Crippen molar-refractivity contribution in [3.63, 3.8) is 0 Å². The summed E-state index contributed by atoms with van der Waals surface area (Å²) >= 11 is 0.